The maximum absolute atomic E-state index is 14.5. The van der Waals surface area contributed by atoms with Gasteiger partial charge in [-0.1, -0.05) is 47.5 Å². The van der Waals surface area contributed by atoms with Gasteiger partial charge in [0.05, 0.1) is 16.1 Å². The molecule has 49 heavy (non-hydrogen) atoms. The lowest BCUT2D eigenvalue weighted by Crippen LogP contribution is -2.61. The predicted octanol–water partition coefficient (Wildman–Crippen LogP) is 7.20. The molecule has 3 aromatic rings. The Morgan fingerprint density at radius 2 is 1.65 bits per heavy atom. The zero-order valence-electron chi connectivity index (χ0n) is 27.0. The molecule has 0 radical (unpaired) electrons. The van der Waals surface area contributed by atoms with Crippen molar-refractivity contribution in [2.75, 3.05) is 26.3 Å². The molecule has 1 aliphatic carbocycles. The molecule has 2 bridgehead atoms. The summed E-state index contributed by atoms with van der Waals surface area (Å²) in [5.41, 5.74) is 3.75. The van der Waals surface area contributed by atoms with Crippen LogP contribution >= 0.6 is 23.2 Å². The van der Waals surface area contributed by atoms with Gasteiger partial charge in [0.25, 0.3) is 5.91 Å². The van der Waals surface area contributed by atoms with Crippen molar-refractivity contribution in [3.8, 4) is 17.2 Å². The fraction of sp³-hybridized carbons (Fsp3) is 0.389. The van der Waals surface area contributed by atoms with Crippen LogP contribution in [-0.2, 0) is 16.1 Å². The van der Waals surface area contributed by atoms with Crippen molar-refractivity contribution in [2.45, 2.75) is 64.1 Å². The number of hydrogen-bond donors (Lipinski definition) is 1. The van der Waals surface area contributed by atoms with Crippen molar-refractivity contribution < 1.29 is 37.0 Å². The zero-order valence-corrected chi connectivity index (χ0v) is 28.5. The molecule has 1 N–H and O–H groups in total. The van der Waals surface area contributed by atoms with E-state index in [0.29, 0.717) is 52.2 Å². The standard InChI is InChI=1S/C36H36Cl2F3N3O5/c1-21-14-30(37)34(31(38)15-21)48-13-12-47-27-10-6-24(7-11-27)29-17-25-19-43(22(2)45)20-32(42-25)33(29)35(46)44(26-8-9-26)18-23-4-3-5-28(16-23)49-36(39,40)41/h3-7,10-11,14-16,25-26,32,42H,8-9,12-13,17-20H2,1-2H3. The van der Waals surface area contributed by atoms with Gasteiger partial charge in [0.1, 0.15) is 24.7 Å². The number of aryl methyl sites for hydroxylation is 1. The summed E-state index contributed by atoms with van der Waals surface area (Å²) in [5.74, 6) is 0.409. The predicted molar refractivity (Wildman–Crippen MR) is 180 cm³/mol. The van der Waals surface area contributed by atoms with E-state index in [9.17, 15) is 22.8 Å². The lowest BCUT2D eigenvalue weighted by Gasteiger charge is -2.44. The number of ether oxygens (including phenoxy) is 3. The fourth-order valence-electron chi connectivity index (χ4n) is 6.45. The van der Waals surface area contributed by atoms with E-state index >= 15 is 0 Å². The van der Waals surface area contributed by atoms with Crippen molar-refractivity contribution in [2.24, 2.45) is 0 Å². The first-order chi connectivity index (χ1) is 23.3. The highest BCUT2D eigenvalue weighted by atomic mass is 35.5. The quantitative estimate of drug-likeness (QED) is 0.212. The molecule has 2 unspecified atom stereocenters. The highest BCUT2D eigenvalue weighted by Gasteiger charge is 2.43. The maximum atomic E-state index is 14.5. The van der Waals surface area contributed by atoms with Gasteiger partial charge in [-0.2, -0.15) is 0 Å². The van der Waals surface area contributed by atoms with Crippen molar-refractivity contribution in [1.29, 1.82) is 0 Å². The van der Waals surface area contributed by atoms with Gasteiger partial charge < -0.3 is 29.3 Å². The molecular weight excluding hydrogens is 682 g/mol. The van der Waals surface area contributed by atoms with Crippen molar-refractivity contribution in [3.63, 3.8) is 0 Å². The first kappa shape index (κ1) is 34.9. The molecule has 2 atom stereocenters. The van der Waals surface area contributed by atoms with Crippen molar-refractivity contribution >= 4 is 40.6 Å². The Hall–Kier alpha value is -3.93. The number of carbonyl (C=O) groups is 2. The van der Waals surface area contributed by atoms with Crippen LogP contribution in [0.4, 0.5) is 13.2 Å². The van der Waals surface area contributed by atoms with Crippen molar-refractivity contribution in [1.82, 2.24) is 15.1 Å². The Kier molecular flexibility index (Phi) is 10.3. The van der Waals surface area contributed by atoms with Crippen LogP contribution in [0.25, 0.3) is 5.57 Å². The van der Waals surface area contributed by atoms with Gasteiger partial charge in [0.2, 0.25) is 5.91 Å². The number of piperazine rings is 1. The van der Waals surface area contributed by atoms with Crippen LogP contribution in [0.5, 0.6) is 17.2 Å². The maximum Gasteiger partial charge on any atom is 0.573 e. The minimum atomic E-state index is -4.82. The van der Waals surface area contributed by atoms with E-state index in [1.54, 1.807) is 28.0 Å². The average Bonchev–Trinajstić information content (AvgIpc) is 3.87. The first-order valence-electron chi connectivity index (χ1n) is 16.1. The van der Waals surface area contributed by atoms with Crippen LogP contribution in [0.3, 0.4) is 0 Å². The average molecular weight is 719 g/mol. The van der Waals surface area contributed by atoms with Gasteiger partial charge in [-0.3, -0.25) is 9.59 Å². The number of rotatable bonds is 11. The van der Waals surface area contributed by atoms with Gasteiger partial charge in [-0.05, 0) is 84.8 Å². The Morgan fingerprint density at radius 3 is 2.31 bits per heavy atom. The number of nitrogens with one attached hydrogen (secondary N) is 1. The van der Waals surface area contributed by atoms with E-state index in [-0.39, 0.29) is 49.4 Å². The normalized spacial score (nSPS) is 19.0. The van der Waals surface area contributed by atoms with E-state index in [2.05, 4.69) is 10.1 Å². The smallest absolute Gasteiger partial charge is 0.490 e. The van der Waals surface area contributed by atoms with Crippen LogP contribution in [0, 0.1) is 6.92 Å². The molecule has 1 saturated carbocycles. The summed E-state index contributed by atoms with van der Waals surface area (Å²) in [4.78, 5) is 30.4. The third-order valence-corrected chi connectivity index (χ3v) is 9.32. The molecule has 13 heteroatoms. The first-order valence-corrected chi connectivity index (χ1v) is 16.8. The summed E-state index contributed by atoms with van der Waals surface area (Å²) < 4.78 is 54.5. The van der Waals surface area contributed by atoms with E-state index < -0.39 is 12.4 Å². The van der Waals surface area contributed by atoms with Crippen LogP contribution in [-0.4, -0.2) is 72.4 Å². The van der Waals surface area contributed by atoms with Gasteiger partial charge in [0, 0.05) is 44.2 Å². The summed E-state index contributed by atoms with van der Waals surface area (Å²) in [6.07, 6.45) is -2.71. The Balaban J connectivity index is 1.22. The lowest BCUT2D eigenvalue weighted by molar-refractivity contribution is -0.274. The largest absolute Gasteiger partial charge is 0.573 e. The van der Waals surface area contributed by atoms with Gasteiger partial charge in [0.15, 0.2) is 5.75 Å². The van der Waals surface area contributed by atoms with Gasteiger partial charge >= 0.3 is 6.36 Å². The molecule has 8 nitrogen and oxygen atoms in total. The molecule has 0 spiro atoms. The molecule has 6 rings (SSSR count). The van der Waals surface area contributed by atoms with E-state index in [4.69, 9.17) is 32.7 Å². The van der Waals surface area contributed by atoms with Crippen molar-refractivity contribution in [3.05, 3.63) is 93.0 Å². The number of benzene rings is 3. The van der Waals surface area contributed by atoms with Crippen LogP contribution in [0.1, 0.15) is 42.9 Å². The topological polar surface area (TPSA) is 80.3 Å². The number of carbonyl (C=O) groups excluding carboxylic acids is 2. The summed E-state index contributed by atoms with van der Waals surface area (Å²) >= 11 is 12.5. The number of hydrogen-bond acceptors (Lipinski definition) is 6. The monoisotopic (exact) mass is 717 g/mol. The highest BCUT2D eigenvalue weighted by molar-refractivity contribution is 6.37. The van der Waals surface area contributed by atoms with E-state index in [1.807, 2.05) is 31.2 Å². The molecule has 2 heterocycles. The molecule has 1 saturated heterocycles. The van der Waals surface area contributed by atoms with Crippen LogP contribution < -0.4 is 19.5 Å². The molecule has 0 aromatic heterocycles. The lowest BCUT2D eigenvalue weighted by atomic mass is 9.82. The Bertz CT molecular complexity index is 1720. The molecular formula is C36H36Cl2F3N3O5. The van der Waals surface area contributed by atoms with E-state index in [1.165, 1.54) is 25.1 Å². The SMILES string of the molecule is CC(=O)N1CC2CC(c3ccc(OCCOc4c(Cl)cc(C)cc4Cl)cc3)=C(C(=O)N(Cc3cccc(OC(F)(F)F)c3)C3CC3)C(C1)N2. The third kappa shape index (κ3) is 8.63. The Morgan fingerprint density at radius 1 is 0.959 bits per heavy atom. The number of alkyl halides is 3. The summed E-state index contributed by atoms with van der Waals surface area (Å²) in [7, 11) is 0. The molecule has 3 aliphatic rings. The summed E-state index contributed by atoms with van der Waals surface area (Å²) in [6, 6.07) is 16.3. The highest BCUT2D eigenvalue weighted by Crippen LogP contribution is 2.38. The Labute approximate surface area is 292 Å². The third-order valence-electron chi connectivity index (χ3n) is 8.76. The number of halogens is 5. The fourth-order valence-corrected chi connectivity index (χ4v) is 7.15. The van der Waals surface area contributed by atoms with Gasteiger partial charge in [-0.25, -0.2) is 0 Å². The number of amides is 2. The second-order valence-electron chi connectivity index (χ2n) is 12.6. The zero-order chi connectivity index (χ0) is 34.9. The second kappa shape index (κ2) is 14.5. The molecule has 2 amide bonds. The van der Waals surface area contributed by atoms with E-state index in [0.717, 1.165) is 29.5 Å². The minimum absolute atomic E-state index is 0.0404. The molecule has 2 fully saturated rings. The molecule has 260 valence electrons. The molecule has 3 aromatic carbocycles. The number of fused-ring (bicyclic) bond motifs is 2. The second-order valence-corrected chi connectivity index (χ2v) is 13.4. The minimum Gasteiger partial charge on any atom is -0.490 e. The number of nitrogens with zero attached hydrogens (tertiary/aromatic N) is 2. The molecule has 2 aliphatic heterocycles. The summed E-state index contributed by atoms with van der Waals surface area (Å²) in [5, 5.41) is 4.40. The summed E-state index contributed by atoms with van der Waals surface area (Å²) in [6.45, 7) is 4.85. The van der Waals surface area contributed by atoms with Crippen LogP contribution in [0.2, 0.25) is 10.0 Å². The van der Waals surface area contributed by atoms with Crippen LogP contribution in [0.15, 0.2) is 66.2 Å². The van der Waals surface area contributed by atoms with Gasteiger partial charge in [-0.15, -0.1) is 13.2 Å².